The molecular formula is C17H20N2. The standard InChI is InChI=1S/C17H20N2/c1-13-6-8-14(9-7-13)12-19-11-10-16(18)15-4-2-3-5-17(15)19/h2-9,16H,10-12,18H2,1H3. The van der Waals surface area contributed by atoms with Crippen molar-refractivity contribution in [2.24, 2.45) is 5.73 Å². The lowest BCUT2D eigenvalue weighted by Gasteiger charge is -2.34. The molecule has 0 aliphatic carbocycles. The van der Waals surface area contributed by atoms with Crippen LogP contribution in [0.5, 0.6) is 0 Å². The van der Waals surface area contributed by atoms with Crippen molar-refractivity contribution >= 4 is 5.69 Å². The summed E-state index contributed by atoms with van der Waals surface area (Å²) in [6.45, 7) is 4.12. The Morgan fingerprint density at radius 1 is 1.11 bits per heavy atom. The number of para-hydroxylation sites is 1. The molecule has 2 aromatic rings. The molecule has 1 heterocycles. The van der Waals surface area contributed by atoms with Crippen LogP contribution < -0.4 is 10.6 Å². The van der Waals surface area contributed by atoms with Gasteiger partial charge in [-0.05, 0) is 30.5 Å². The van der Waals surface area contributed by atoms with Gasteiger partial charge < -0.3 is 10.6 Å². The minimum Gasteiger partial charge on any atom is -0.367 e. The Hall–Kier alpha value is -1.80. The van der Waals surface area contributed by atoms with Gasteiger partial charge in [-0.3, -0.25) is 0 Å². The second kappa shape index (κ2) is 5.06. The molecule has 0 aromatic heterocycles. The molecular weight excluding hydrogens is 232 g/mol. The Bertz CT molecular complexity index is 560. The quantitative estimate of drug-likeness (QED) is 0.887. The van der Waals surface area contributed by atoms with Crippen molar-refractivity contribution in [1.82, 2.24) is 0 Å². The van der Waals surface area contributed by atoms with Gasteiger partial charge in [0.05, 0.1) is 0 Å². The molecule has 0 amide bonds. The van der Waals surface area contributed by atoms with Crippen molar-refractivity contribution in [2.45, 2.75) is 25.9 Å². The van der Waals surface area contributed by atoms with Gasteiger partial charge in [-0.25, -0.2) is 0 Å². The van der Waals surface area contributed by atoms with Crippen molar-refractivity contribution in [3.8, 4) is 0 Å². The molecule has 2 heteroatoms. The van der Waals surface area contributed by atoms with Gasteiger partial charge in [0.15, 0.2) is 0 Å². The summed E-state index contributed by atoms with van der Waals surface area (Å²) in [4.78, 5) is 2.43. The number of benzene rings is 2. The SMILES string of the molecule is Cc1ccc(CN2CCC(N)c3ccccc32)cc1. The number of hydrogen-bond acceptors (Lipinski definition) is 2. The van der Waals surface area contributed by atoms with Crippen molar-refractivity contribution in [3.05, 3.63) is 65.2 Å². The van der Waals surface area contributed by atoms with Crippen molar-refractivity contribution < 1.29 is 0 Å². The second-order valence-electron chi connectivity index (χ2n) is 5.36. The highest BCUT2D eigenvalue weighted by Gasteiger charge is 2.21. The maximum Gasteiger partial charge on any atom is 0.0429 e. The van der Waals surface area contributed by atoms with Crippen LogP contribution >= 0.6 is 0 Å². The molecule has 2 nitrogen and oxygen atoms in total. The Balaban J connectivity index is 1.86. The topological polar surface area (TPSA) is 29.3 Å². The van der Waals surface area contributed by atoms with Gasteiger partial charge in [-0.1, -0.05) is 48.0 Å². The zero-order valence-electron chi connectivity index (χ0n) is 11.3. The Morgan fingerprint density at radius 2 is 1.84 bits per heavy atom. The monoisotopic (exact) mass is 252 g/mol. The van der Waals surface area contributed by atoms with E-state index in [2.05, 4.69) is 60.4 Å². The van der Waals surface area contributed by atoms with Crippen LogP contribution in [0.1, 0.15) is 29.2 Å². The summed E-state index contributed by atoms with van der Waals surface area (Å²) in [7, 11) is 0. The van der Waals surface area contributed by atoms with Crippen LogP contribution in [0.4, 0.5) is 5.69 Å². The zero-order valence-corrected chi connectivity index (χ0v) is 11.3. The van der Waals surface area contributed by atoms with Crippen molar-refractivity contribution in [1.29, 1.82) is 0 Å². The maximum atomic E-state index is 6.20. The van der Waals surface area contributed by atoms with Crippen LogP contribution in [0.3, 0.4) is 0 Å². The van der Waals surface area contributed by atoms with E-state index in [1.54, 1.807) is 0 Å². The molecule has 2 aromatic carbocycles. The lowest BCUT2D eigenvalue weighted by Crippen LogP contribution is -2.33. The Labute approximate surface area is 114 Å². The molecule has 1 unspecified atom stereocenters. The zero-order chi connectivity index (χ0) is 13.2. The molecule has 0 saturated heterocycles. The largest absolute Gasteiger partial charge is 0.367 e. The molecule has 0 fully saturated rings. The number of hydrogen-bond donors (Lipinski definition) is 1. The summed E-state index contributed by atoms with van der Waals surface area (Å²) < 4.78 is 0. The summed E-state index contributed by atoms with van der Waals surface area (Å²) in [5, 5.41) is 0. The minimum absolute atomic E-state index is 0.186. The van der Waals surface area contributed by atoms with Gasteiger partial charge in [0.1, 0.15) is 0 Å². The van der Waals surface area contributed by atoms with Gasteiger partial charge in [0, 0.05) is 24.8 Å². The summed E-state index contributed by atoms with van der Waals surface area (Å²) in [6.07, 6.45) is 1.03. The predicted octanol–water partition coefficient (Wildman–Crippen LogP) is 3.41. The molecule has 98 valence electrons. The fraction of sp³-hybridized carbons (Fsp3) is 0.294. The highest BCUT2D eigenvalue weighted by molar-refractivity contribution is 5.57. The first kappa shape index (κ1) is 12.2. The smallest absolute Gasteiger partial charge is 0.0429 e. The lowest BCUT2D eigenvalue weighted by molar-refractivity contribution is 0.590. The normalized spacial score (nSPS) is 18.2. The molecule has 0 radical (unpaired) electrons. The van der Waals surface area contributed by atoms with E-state index in [0.29, 0.717) is 0 Å². The van der Waals surface area contributed by atoms with Crippen LogP contribution in [-0.4, -0.2) is 6.54 Å². The summed E-state index contributed by atoms with van der Waals surface area (Å²) >= 11 is 0. The number of aryl methyl sites for hydroxylation is 1. The molecule has 19 heavy (non-hydrogen) atoms. The third-order valence-corrected chi connectivity index (χ3v) is 3.88. The molecule has 2 N–H and O–H groups in total. The van der Waals surface area contributed by atoms with Crippen LogP contribution in [0.2, 0.25) is 0 Å². The minimum atomic E-state index is 0.186. The van der Waals surface area contributed by atoms with Gasteiger partial charge in [0.25, 0.3) is 0 Å². The predicted molar refractivity (Wildman–Crippen MR) is 80.2 cm³/mol. The number of nitrogens with zero attached hydrogens (tertiary/aromatic N) is 1. The highest BCUT2D eigenvalue weighted by atomic mass is 15.1. The Kier molecular flexibility index (Phi) is 3.26. The van der Waals surface area contributed by atoms with E-state index in [9.17, 15) is 0 Å². The molecule has 1 aliphatic rings. The lowest BCUT2D eigenvalue weighted by atomic mass is 9.96. The highest BCUT2D eigenvalue weighted by Crippen LogP contribution is 2.32. The van der Waals surface area contributed by atoms with Gasteiger partial charge in [-0.15, -0.1) is 0 Å². The molecule has 1 atom stereocenters. The number of rotatable bonds is 2. The van der Waals surface area contributed by atoms with Crippen molar-refractivity contribution in [2.75, 3.05) is 11.4 Å². The van der Waals surface area contributed by atoms with E-state index in [1.165, 1.54) is 22.4 Å². The first-order valence-electron chi connectivity index (χ1n) is 6.89. The average Bonchev–Trinajstić information content (AvgIpc) is 2.45. The van der Waals surface area contributed by atoms with Crippen molar-refractivity contribution in [3.63, 3.8) is 0 Å². The second-order valence-corrected chi connectivity index (χ2v) is 5.36. The van der Waals surface area contributed by atoms with Crippen LogP contribution in [-0.2, 0) is 6.54 Å². The molecule has 0 bridgehead atoms. The van der Waals surface area contributed by atoms with E-state index < -0.39 is 0 Å². The van der Waals surface area contributed by atoms with E-state index in [-0.39, 0.29) is 6.04 Å². The molecule has 1 aliphatic heterocycles. The Morgan fingerprint density at radius 3 is 2.63 bits per heavy atom. The molecule has 0 spiro atoms. The average molecular weight is 252 g/mol. The van der Waals surface area contributed by atoms with Gasteiger partial charge >= 0.3 is 0 Å². The number of nitrogens with two attached hydrogens (primary N) is 1. The number of fused-ring (bicyclic) bond motifs is 1. The van der Waals surface area contributed by atoms with Crippen LogP contribution in [0, 0.1) is 6.92 Å². The van der Waals surface area contributed by atoms with Gasteiger partial charge in [-0.2, -0.15) is 0 Å². The third kappa shape index (κ3) is 2.49. The fourth-order valence-electron chi connectivity index (χ4n) is 2.74. The maximum absolute atomic E-state index is 6.20. The van der Waals surface area contributed by atoms with Gasteiger partial charge in [0.2, 0.25) is 0 Å². The fourth-order valence-corrected chi connectivity index (χ4v) is 2.74. The first-order chi connectivity index (χ1) is 9.24. The van der Waals surface area contributed by atoms with E-state index in [4.69, 9.17) is 5.73 Å². The summed E-state index contributed by atoms with van der Waals surface area (Å²) in [5.74, 6) is 0. The van der Waals surface area contributed by atoms with E-state index in [0.717, 1.165) is 19.5 Å². The first-order valence-corrected chi connectivity index (χ1v) is 6.89. The van der Waals surface area contributed by atoms with E-state index >= 15 is 0 Å². The summed E-state index contributed by atoms with van der Waals surface area (Å²) in [6, 6.07) is 17.5. The van der Waals surface area contributed by atoms with Crippen LogP contribution in [0.25, 0.3) is 0 Å². The third-order valence-electron chi connectivity index (χ3n) is 3.88. The van der Waals surface area contributed by atoms with Crippen LogP contribution in [0.15, 0.2) is 48.5 Å². The summed E-state index contributed by atoms with van der Waals surface area (Å²) in [5.41, 5.74) is 11.4. The van der Waals surface area contributed by atoms with E-state index in [1.807, 2.05) is 0 Å². The molecule has 0 saturated carbocycles. The number of anilines is 1. The molecule has 3 rings (SSSR count).